The number of aromatic nitrogens is 2. The molecule has 16 heavy (non-hydrogen) atoms. The van der Waals surface area contributed by atoms with E-state index in [2.05, 4.69) is 11.9 Å². The monoisotopic (exact) mass is 226 g/mol. The largest absolute Gasteiger partial charge is 0.481 e. The van der Waals surface area contributed by atoms with E-state index in [1.807, 2.05) is 17.8 Å². The fourth-order valence-electron chi connectivity index (χ4n) is 1.21. The summed E-state index contributed by atoms with van der Waals surface area (Å²) < 4.78 is 1.89. The van der Waals surface area contributed by atoms with Crippen LogP contribution in [0.25, 0.3) is 0 Å². The minimum Gasteiger partial charge on any atom is -0.481 e. The summed E-state index contributed by atoms with van der Waals surface area (Å²) in [5.74, 6) is -0.670. The third-order valence-corrected chi connectivity index (χ3v) is 2.13. The highest BCUT2D eigenvalue weighted by atomic mass is 16.4. The van der Waals surface area contributed by atoms with Crippen LogP contribution in [0.3, 0.4) is 0 Å². The van der Waals surface area contributed by atoms with Gasteiger partial charge in [0.15, 0.2) is 0 Å². The zero-order chi connectivity index (χ0) is 12.2. The van der Waals surface area contributed by atoms with Crippen molar-refractivity contribution in [3.63, 3.8) is 0 Å². The highest BCUT2D eigenvalue weighted by molar-refractivity contribution is 5.66. The summed E-state index contributed by atoms with van der Waals surface area (Å²) in [5.41, 5.74) is 0. The van der Waals surface area contributed by atoms with Crippen LogP contribution in [0, 0.1) is 0 Å². The lowest BCUT2D eigenvalue weighted by Crippen LogP contribution is -1.93. The summed E-state index contributed by atoms with van der Waals surface area (Å²) in [5, 5.41) is 8.27. The number of hydrogen-bond donors (Lipinski definition) is 1. The zero-order valence-corrected chi connectivity index (χ0v) is 10.2. The Kier molecular flexibility index (Phi) is 9.36. The minimum absolute atomic E-state index is 0.337. The van der Waals surface area contributed by atoms with Gasteiger partial charge in [-0.1, -0.05) is 32.6 Å². The van der Waals surface area contributed by atoms with E-state index in [1.165, 1.54) is 19.3 Å². The Bertz CT molecular complexity index is 258. The van der Waals surface area contributed by atoms with Gasteiger partial charge in [0, 0.05) is 25.9 Å². The lowest BCUT2D eigenvalue weighted by Gasteiger charge is -1.95. The van der Waals surface area contributed by atoms with Gasteiger partial charge >= 0.3 is 5.97 Å². The number of carboxylic acids is 1. The molecule has 1 heterocycles. The second-order valence-electron chi connectivity index (χ2n) is 3.79. The van der Waals surface area contributed by atoms with Crippen LogP contribution in [0.15, 0.2) is 18.7 Å². The van der Waals surface area contributed by atoms with Crippen LogP contribution < -0.4 is 0 Å². The molecule has 0 aliphatic heterocycles. The average molecular weight is 226 g/mol. The Morgan fingerprint density at radius 2 is 2.00 bits per heavy atom. The number of aryl methyl sites for hydroxylation is 1. The molecule has 4 nitrogen and oxygen atoms in total. The van der Waals surface area contributed by atoms with Crippen molar-refractivity contribution in [2.45, 2.75) is 45.4 Å². The van der Waals surface area contributed by atoms with Crippen molar-refractivity contribution in [2.24, 2.45) is 7.05 Å². The van der Waals surface area contributed by atoms with E-state index in [1.54, 1.807) is 12.5 Å². The lowest BCUT2D eigenvalue weighted by atomic mass is 10.1. The molecule has 0 bridgehead atoms. The van der Waals surface area contributed by atoms with E-state index in [-0.39, 0.29) is 0 Å². The molecule has 4 heteroatoms. The fraction of sp³-hybridized carbons (Fsp3) is 0.667. The van der Waals surface area contributed by atoms with Crippen LogP contribution >= 0.6 is 0 Å². The summed E-state index contributed by atoms with van der Waals surface area (Å²) in [6.45, 7) is 2.15. The molecule has 0 spiro atoms. The first-order chi connectivity index (χ1) is 7.66. The quantitative estimate of drug-likeness (QED) is 0.759. The number of unbranched alkanes of at least 4 members (excludes halogenated alkanes) is 4. The van der Waals surface area contributed by atoms with Crippen LogP contribution in [-0.4, -0.2) is 20.6 Å². The molecule has 1 aromatic rings. The SMILES string of the molecule is CCCCCCCC(=O)O.Cn1ccnc1. The fourth-order valence-corrected chi connectivity index (χ4v) is 1.21. The van der Waals surface area contributed by atoms with E-state index in [0.717, 1.165) is 12.8 Å². The first-order valence-corrected chi connectivity index (χ1v) is 5.80. The molecule has 0 aromatic carbocycles. The Morgan fingerprint density at radius 3 is 2.38 bits per heavy atom. The Balaban J connectivity index is 0.000000315. The molecule has 0 unspecified atom stereocenters. The number of rotatable bonds is 6. The van der Waals surface area contributed by atoms with Gasteiger partial charge in [-0.2, -0.15) is 0 Å². The highest BCUT2D eigenvalue weighted by Crippen LogP contribution is 2.04. The predicted octanol–water partition coefficient (Wildman–Crippen LogP) is 2.85. The molecular weight excluding hydrogens is 204 g/mol. The molecule has 0 saturated carbocycles. The van der Waals surface area contributed by atoms with E-state index < -0.39 is 5.97 Å². The third kappa shape index (κ3) is 10.8. The molecule has 0 saturated heterocycles. The van der Waals surface area contributed by atoms with E-state index in [0.29, 0.717) is 6.42 Å². The Hall–Kier alpha value is -1.32. The Morgan fingerprint density at radius 1 is 1.31 bits per heavy atom. The summed E-state index contributed by atoms with van der Waals surface area (Å²) >= 11 is 0. The van der Waals surface area contributed by atoms with Crippen molar-refractivity contribution in [3.05, 3.63) is 18.7 Å². The molecule has 0 aliphatic rings. The topological polar surface area (TPSA) is 55.1 Å². The maximum Gasteiger partial charge on any atom is 0.303 e. The van der Waals surface area contributed by atoms with Crippen molar-refractivity contribution in [2.75, 3.05) is 0 Å². The molecule has 0 amide bonds. The summed E-state index contributed by atoms with van der Waals surface area (Å²) in [6.07, 6.45) is 11.3. The predicted molar refractivity (Wildman–Crippen MR) is 64.2 cm³/mol. The van der Waals surface area contributed by atoms with Crippen molar-refractivity contribution in [1.82, 2.24) is 9.55 Å². The van der Waals surface area contributed by atoms with Crippen LogP contribution in [0.4, 0.5) is 0 Å². The standard InChI is InChI=1S/C8H16O2.C4H6N2/c1-2-3-4-5-6-7-8(9)10;1-6-3-2-5-4-6/h2-7H2,1H3,(H,9,10);2-4H,1H3. The summed E-state index contributed by atoms with van der Waals surface area (Å²) in [4.78, 5) is 13.8. The lowest BCUT2D eigenvalue weighted by molar-refractivity contribution is -0.137. The number of imidazole rings is 1. The van der Waals surface area contributed by atoms with Crippen molar-refractivity contribution in [3.8, 4) is 0 Å². The third-order valence-electron chi connectivity index (χ3n) is 2.13. The average Bonchev–Trinajstić information content (AvgIpc) is 2.69. The van der Waals surface area contributed by atoms with Crippen LogP contribution in [0.5, 0.6) is 0 Å². The smallest absolute Gasteiger partial charge is 0.303 e. The molecule has 0 fully saturated rings. The number of nitrogens with zero attached hydrogens (tertiary/aromatic N) is 2. The van der Waals surface area contributed by atoms with Crippen LogP contribution in [0.2, 0.25) is 0 Å². The van der Waals surface area contributed by atoms with Gasteiger partial charge in [-0.05, 0) is 6.42 Å². The zero-order valence-electron chi connectivity index (χ0n) is 10.2. The minimum atomic E-state index is -0.670. The van der Waals surface area contributed by atoms with Crippen molar-refractivity contribution >= 4 is 5.97 Å². The van der Waals surface area contributed by atoms with Crippen LogP contribution in [0.1, 0.15) is 45.4 Å². The molecule has 1 N–H and O–H groups in total. The highest BCUT2D eigenvalue weighted by Gasteiger charge is 1.94. The maximum atomic E-state index is 10.0. The number of hydrogen-bond acceptors (Lipinski definition) is 2. The van der Waals surface area contributed by atoms with E-state index in [9.17, 15) is 4.79 Å². The second kappa shape index (κ2) is 10.2. The summed E-state index contributed by atoms with van der Waals surface area (Å²) in [6, 6.07) is 0. The first kappa shape index (κ1) is 14.7. The van der Waals surface area contributed by atoms with E-state index in [4.69, 9.17) is 5.11 Å². The molecular formula is C12H22N2O2. The first-order valence-electron chi connectivity index (χ1n) is 5.80. The number of aliphatic carboxylic acids is 1. The molecule has 0 atom stereocenters. The summed E-state index contributed by atoms with van der Waals surface area (Å²) in [7, 11) is 1.94. The molecule has 0 aliphatic carbocycles. The molecule has 1 aromatic heterocycles. The Labute approximate surface area is 97.3 Å². The molecule has 1 rings (SSSR count). The normalized spacial score (nSPS) is 9.38. The van der Waals surface area contributed by atoms with Gasteiger partial charge in [-0.3, -0.25) is 4.79 Å². The number of carbonyl (C=O) groups is 1. The van der Waals surface area contributed by atoms with Gasteiger partial charge in [0.2, 0.25) is 0 Å². The maximum absolute atomic E-state index is 10.0. The van der Waals surface area contributed by atoms with Gasteiger partial charge in [-0.15, -0.1) is 0 Å². The second-order valence-corrected chi connectivity index (χ2v) is 3.79. The van der Waals surface area contributed by atoms with E-state index >= 15 is 0 Å². The molecule has 92 valence electrons. The van der Waals surface area contributed by atoms with Crippen LogP contribution in [-0.2, 0) is 11.8 Å². The van der Waals surface area contributed by atoms with Crippen molar-refractivity contribution in [1.29, 1.82) is 0 Å². The van der Waals surface area contributed by atoms with Crippen molar-refractivity contribution < 1.29 is 9.90 Å². The van der Waals surface area contributed by atoms with Gasteiger partial charge in [0.1, 0.15) is 0 Å². The van der Waals surface area contributed by atoms with Gasteiger partial charge in [-0.25, -0.2) is 4.98 Å². The van der Waals surface area contributed by atoms with Gasteiger partial charge in [0.05, 0.1) is 6.33 Å². The van der Waals surface area contributed by atoms with Gasteiger partial charge < -0.3 is 9.67 Å². The molecule has 0 radical (unpaired) electrons. The number of carboxylic acid groups (broad SMARTS) is 1. The van der Waals surface area contributed by atoms with Gasteiger partial charge in [0.25, 0.3) is 0 Å².